The monoisotopic (exact) mass is 862 g/mol. The Morgan fingerprint density at radius 2 is 0.703 bits per heavy atom. The molecule has 0 aliphatic carbocycles. The molecule has 0 radical (unpaired) electrons. The van der Waals surface area contributed by atoms with Crippen LogP contribution in [0.2, 0.25) is 0 Å². The van der Waals surface area contributed by atoms with Crippen molar-refractivity contribution in [2.45, 2.75) is 52.6 Å². The van der Waals surface area contributed by atoms with Gasteiger partial charge in [-0.15, -0.1) is 0 Å². The summed E-state index contributed by atoms with van der Waals surface area (Å²) in [5.41, 5.74) is 3.18. The van der Waals surface area contributed by atoms with Crippen molar-refractivity contribution in [2.24, 2.45) is 0 Å². The van der Waals surface area contributed by atoms with Gasteiger partial charge in [0.15, 0.2) is 24.7 Å². The fraction of sp³-hybridized carbons (Fsp3) is 0.269. The first kappa shape index (κ1) is 44.7. The number of fused-ring (bicyclic) bond motifs is 4. The van der Waals surface area contributed by atoms with Gasteiger partial charge >= 0.3 is 12.2 Å². The van der Waals surface area contributed by atoms with Crippen LogP contribution in [0.4, 0.5) is 9.59 Å². The number of amides is 4. The van der Waals surface area contributed by atoms with Gasteiger partial charge in [0.2, 0.25) is 0 Å². The molecule has 0 aliphatic rings. The summed E-state index contributed by atoms with van der Waals surface area (Å²) in [6, 6.07) is 38.7. The van der Waals surface area contributed by atoms with Crippen molar-refractivity contribution in [1.82, 2.24) is 19.6 Å². The number of benzene rings is 7. The average molecular weight is 863 g/mol. The Morgan fingerprint density at radius 1 is 0.438 bits per heavy atom. The number of rotatable bonds is 14. The molecule has 0 saturated heterocycles. The zero-order chi connectivity index (χ0) is 45.7. The summed E-state index contributed by atoms with van der Waals surface area (Å²) in [6.45, 7) is 6.13. The van der Waals surface area contributed by atoms with Gasteiger partial charge in [-0.25, -0.2) is 9.59 Å². The SMILES string of the molecule is CN(Cc1c2ccccc2c(CN(C)C(=O)COc2ccccc2OCC(=O)N(C)Cc2c3ccccc3c(CN(C)C(=O)OC(C)(C)C)c3ccccc23)c2ccccc12)C(=O)O. The van der Waals surface area contributed by atoms with Crippen LogP contribution in [0, 0.1) is 0 Å². The highest BCUT2D eigenvalue weighted by Gasteiger charge is 2.24. The van der Waals surface area contributed by atoms with Crippen LogP contribution in [-0.4, -0.2) is 95.7 Å². The van der Waals surface area contributed by atoms with Gasteiger partial charge in [-0.3, -0.25) is 9.59 Å². The van der Waals surface area contributed by atoms with E-state index < -0.39 is 17.8 Å². The van der Waals surface area contributed by atoms with Crippen LogP contribution in [0.15, 0.2) is 121 Å². The smallest absolute Gasteiger partial charge is 0.410 e. The lowest BCUT2D eigenvalue weighted by atomic mass is 9.91. The highest BCUT2D eigenvalue weighted by molar-refractivity contribution is 6.07. The summed E-state index contributed by atoms with van der Waals surface area (Å²) in [4.78, 5) is 58.3. The standard InChI is InChI=1S/C52H54N4O8/c1-52(2,3)64-51(61)56(7)31-45-40-24-14-10-20-36(40)43(37-21-11-15-25-41(37)45)29-54(5)49(58)33-63-47-27-17-16-26-46(47)62-32-48(57)53(4)28-42-34-18-8-12-22-38(34)44(30-55(6)50(59)60)39-23-13-9-19-35(39)42/h8-27H,28-33H2,1-7H3,(H,59,60). The van der Waals surface area contributed by atoms with Gasteiger partial charge in [0, 0.05) is 54.4 Å². The highest BCUT2D eigenvalue weighted by Crippen LogP contribution is 2.36. The predicted molar refractivity (Wildman–Crippen MR) is 250 cm³/mol. The van der Waals surface area contributed by atoms with Crippen LogP contribution in [0.25, 0.3) is 43.1 Å². The molecule has 4 amide bonds. The number of nitrogens with zero attached hydrogens (tertiary/aromatic N) is 4. The molecule has 7 aromatic rings. The quantitative estimate of drug-likeness (QED) is 0.107. The van der Waals surface area contributed by atoms with Crippen LogP contribution >= 0.6 is 0 Å². The van der Waals surface area contributed by atoms with Gasteiger partial charge in [-0.1, -0.05) is 109 Å². The predicted octanol–water partition coefficient (Wildman–Crippen LogP) is 9.85. The minimum atomic E-state index is -1.02. The lowest BCUT2D eigenvalue weighted by Crippen LogP contribution is -2.34. The van der Waals surface area contributed by atoms with Crippen molar-refractivity contribution < 1.29 is 38.5 Å². The summed E-state index contributed by atoms with van der Waals surface area (Å²) in [5, 5.41) is 17.3. The molecular formula is C52H54N4O8. The molecule has 0 heterocycles. The van der Waals surface area contributed by atoms with E-state index in [1.165, 1.54) is 4.90 Å². The van der Waals surface area contributed by atoms with Crippen LogP contribution in [0.3, 0.4) is 0 Å². The number of carbonyl (C=O) groups is 4. The second-order valence-corrected chi connectivity index (χ2v) is 17.1. The maximum Gasteiger partial charge on any atom is 0.410 e. The number of hydrogen-bond acceptors (Lipinski definition) is 7. The molecule has 0 bridgehead atoms. The first-order chi connectivity index (χ1) is 30.6. The van der Waals surface area contributed by atoms with E-state index in [-0.39, 0.29) is 38.1 Å². The third kappa shape index (κ3) is 9.81. The highest BCUT2D eigenvalue weighted by atomic mass is 16.6. The van der Waals surface area contributed by atoms with Gasteiger partial charge in [0.05, 0.1) is 0 Å². The lowest BCUT2D eigenvalue weighted by molar-refractivity contribution is -0.133. The van der Waals surface area contributed by atoms with Crippen LogP contribution < -0.4 is 9.47 Å². The van der Waals surface area contributed by atoms with Crippen molar-refractivity contribution in [3.63, 3.8) is 0 Å². The molecular weight excluding hydrogens is 809 g/mol. The Morgan fingerprint density at radius 3 is 0.984 bits per heavy atom. The van der Waals surface area contributed by atoms with Crippen molar-refractivity contribution in [3.8, 4) is 11.5 Å². The molecule has 64 heavy (non-hydrogen) atoms. The van der Waals surface area contributed by atoms with Crippen LogP contribution in [-0.2, 0) is 40.5 Å². The number of carboxylic acid groups (broad SMARTS) is 1. The second kappa shape index (κ2) is 19.0. The Balaban J connectivity index is 1.03. The number of carbonyl (C=O) groups excluding carboxylic acids is 3. The number of hydrogen-bond donors (Lipinski definition) is 1. The van der Waals surface area contributed by atoms with E-state index in [1.54, 1.807) is 67.2 Å². The van der Waals surface area contributed by atoms with Crippen molar-refractivity contribution in [1.29, 1.82) is 0 Å². The third-order valence-electron chi connectivity index (χ3n) is 11.3. The molecule has 7 aromatic carbocycles. The Kier molecular flexibility index (Phi) is 13.2. The fourth-order valence-corrected chi connectivity index (χ4v) is 8.08. The molecule has 0 aromatic heterocycles. The zero-order valence-corrected chi connectivity index (χ0v) is 37.4. The van der Waals surface area contributed by atoms with E-state index in [0.717, 1.165) is 65.3 Å². The van der Waals surface area contributed by atoms with Crippen molar-refractivity contribution >= 4 is 67.1 Å². The number of ether oxygens (including phenoxy) is 3. The molecule has 12 nitrogen and oxygen atoms in total. The van der Waals surface area contributed by atoms with Gasteiger partial charge in [-0.05, 0) is 98.2 Å². The van der Waals surface area contributed by atoms with E-state index in [2.05, 4.69) is 0 Å². The summed E-state index contributed by atoms with van der Waals surface area (Å²) in [6.07, 6.45) is -1.43. The molecule has 0 aliphatic heterocycles. The number of likely N-dealkylation sites (N-methyl/N-ethyl adjacent to an activating group) is 2. The van der Waals surface area contributed by atoms with Gasteiger partial charge in [0.1, 0.15) is 5.60 Å². The minimum absolute atomic E-state index is 0.211. The first-order valence-corrected chi connectivity index (χ1v) is 21.1. The maximum atomic E-state index is 13.7. The van der Waals surface area contributed by atoms with E-state index >= 15 is 0 Å². The van der Waals surface area contributed by atoms with Crippen molar-refractivity contribution in [2.75, 3.05) is 41.4 Å². The molecule has 0 unspecified atom stereocenters. The first-order valence-electron chi connectivity index (χ1n) is 21.1. The lowest BCUT2D eigenvalue weighted by Gasteiger charge is -2.26. The Bertz CT molecular complexity index is 2770. The zero-order valence-electron chi connectivity index (χ0n) is 37.4. The molecule has 0 saturated carbocycles. The van der Waals surface area contributed by atoms with Gasteiger partial charge in [0.25, 0.3) is 11.8 Å². The molecule has 12 heteroatoms. The largest absolute Gasteiger partial charge is 0.480 e. The molecule has 0 atom stereocenters. The molecule has 0 spiro atoms. The summed E-state index contributed by atoms with van der Waals surface area (Å²) < 4.78 is 17.8. The second-order valence-electron chi connectivity index (χ2n) is 17.1. The Labute approximate surface area is 373 Å². The fourth-order valence-electron chi connectivity index (χ4n) is 8.08. The van der Waals surface area contributed by atoms with E-state index in [9.17, 15) is 24.3 Å². The average Bonchev–Trinajstić information content (AvgIpc) is 3.28. The van der Waals surface area contributed by atoms with Crippen LogP contribution in [0.1, 0.15) is 43.0 Å². The van der Waals surface area contributed by atoms with E-state index in [4.69, 9.17) is 14.2 Å². The molecule has 330 valence electrons. The van der Waals surface area contributed by atoms with Gasteiger partial charge < -0.3 is 38.9 Å². The number of para-hydroxylation sites is 2. The van der Waals surface area contributed by atoms with E-state index in [0.29, 0.717) is 24.6 Å². The summed E-state index contributed by atoms with van der Waals surface area (Å²) in [7, 11) is 6.75. The molecule has 0 fully saturated rings. The van der Waals surface area contributed by atoms with Crippen molar-refractivity contribution in [3.05, 3.63) is 144 Å². The van der Waals surface area contributed by atoms with E-state index in [1.807, 2.05) is 118 Å². The summed E-state index contributed by atoms with van der Waals surface area (Å²) >= 11 is 0. The molecule has 7 rings (SSSR count). The maximum absolute atomic E-state index is 13.7. The Hall–Kier alpha value is -7.34. The third-order valence-corrected chi connectivity index (χ3v) is 11.3. The summed E-state index contributed by atoms with van der Waals surface area (Å²) in [5.74, 6) is 0.127. The van der Waals surface area contributed by atoms with Crippen LogP contribution in [0.5, 0.6) is 11.5 Å². The minimum Gasteiger partial charge on any atom is -0.480 e. The molecule has 1 N–H and O–H groups in total. The topological polar surface area (TPSA) is 129 Å². The normalized spacial score (nSPS) is 11.4. The van der Waals surface area contributed by atoms with Gasteiger partial charge in [-0.2, -0.15) is 0 Å².